The van der Waals surface area contributed by atoms with Gasteiger partial charge in [0.1, 0.15) is 0 Å². The molecule has 0 aliphatic heterocycles. The Kier molecular flexibility index (Phi) is 1.77. The topological polar surface area (TPSA) is 65.9 Å². The van der Waals surface area contributed by atoms with Crippen molar-refractivity contribution in [1.29, 1.82) is 0 Å². The molecular formula is C7H8N4OS. The summed E-state index contributed by atoms with van der Waals surface area (Å²) in [4.78, 5) is 17.8. The molecule has 0 aliphatic rings. The molecule has 2 rings (SSSR count). The molecule has 0 saturated carbocycles. The standard InChI is InChI=1S/C7H8N4OS/c1-2-4-3-8-11-5(4)9-6(13)10-7(11)12/h3,8H,2H2,1H3,(H,10,12,13). The van der Waals surface area contributed by atoms with Gasteiger partial charge >= 0.3 is 5.69 Å². The summed E-state index contributed by atoms with van der Waals surface area (Å²) in [6, 6.07) is 0. The lowest BCUT2D eigenvalue weighted by molar-refractivity contribution is 0.833. The summed E-state index contributed by atoms with van der Waals surface area (Å²) in [6.45, 7) is 2.00. The van der Waals surface area contributed by atoms with Crippen LogP contribution in [0.25, 0.3) is 5.65 Å². The predicted molar refractivity (Wildman–Crippen MR) is 50.4 cm³/mol. The van der Waals surface area contributed by atoms with Gasteiger partial charge in [-0.05, 0) is 18.6 Å². The van der Waals surface area contributed by atoms with Crippen LogP contribution >= 0.6 is 12.2 Å². The highest BCUT2D eigenvalue weighted by atomic mass is 32.1. The number of fused-ring (bicyclic) bond motifs is 1. The molecule has 5 nitrogen and oxygen atoms in total. The van der Waals surface area contributed by atoms with Crippen LogP contribution in [-0.4, -0.2) is 19.6 Å². The van der Waals surface area contributed by atoms with E-state index in [1.54, 1.807) is 6.20 Å². The summed E-state index contributed by atoms with van der Waals surface area (Å²) in [5.41, 5.74) is 1.31. The van der Waals surface area contributed by atoms with E-state index in [4.69, 9.17) is 12.2 Å². The van der Waals surface area contributed by atoms with Gasteiger partial charge in [-0.15, -0.1) is 0 Å². The van der Waals surface area contributed by atoms with Crippen LogP contribution in [0.3, 0.4) is 0 Å². The largest absolute Gasteiger partial charge is 0.348 e. The van der Waals surface area contributed by atoms with Crippen molar-refractivity contribution in [3.05, 3.63) is 27.0 Å². The van der Waals surface area contributed by atoms with Gasteiger partial charge in [0, 0.05) is 11.8 Å². The zero-order valence-corrected chi connectivity index (χ0v) is 7.81. The molecule has 0 spiro atoms. The summed E-state index contributed by atoms with van der Waals surface area (Å²) in [5.74, 6) is 0. The van der Waals surface area contributed by atoms with Crippen LogP contribution in [0, 0.1) is 4.77 Å². The third kappa shape index (κ3) is 1.19. The summed E-state index contributed by atoms with van der Waals surface area (Å²) >= 11 is 4.81. The molecule has 2 N–H and O–H groups in total. The van der Waals surface area contributed by atoms with E-state index in [0.29, 0.717) is 5.65 Å². The smallest absolute Gasteiger partial charge is 0.295 e. The molecular weight excluding hydrogens is 188 g/mol. The SMILES string of the molecule is CCc1c[nH]n2c(=O)[nH]c(=S)nc12. The van der Waals surface area contributed by atoms with E-state index < -0.39 is 0 Å². The van der Waals surface area contributed by atoms with Gasteiger partial charge < -0.3 is 0 Å². The average Bonchev–Trinajstić information content (AvgIpc) is 2.47. The first-order chi connectivity index (χ1) is 6.22. The highest BCUT2D eigenvalue weighted by molar-refractivity contribution is 7.71. The van der Waals surface area contributed by atoms with E-state index >= 15 is 0 Å². The first-order valence-electron chi connectivity index (χ1n) is 3.91. The highest BCUT2D eigenvalue weighted by Gasteiger charge is 2.04. The third-order valence-corrected chi connectivity index (χ3v) is 2.07. The second kappa shape index (κ2) is 2.81. The molecule has 0 fully saturated rings. The Morgan fingerprint density at radius 2 is 2.46 bits per heavy atom. The van der Waals surface area contributed by atoms with Crippen LogP contribution in [-0.2, 0) is 6.42 Å². The summed E-state index contributed by atoms with van der Waals surface area (Å²) < 4.78 is 1.56. The Morgan fingerprint density at radius 3 is 3.15 bits per heavy atom. The van der Waals surface area contributed by atoms with Crippen LogP contribution in [0.4, 0.5) is 0 Å². The molecule has 0 bridgehead atoms. The van der Waals surface area contributed by atoms with Crippen molar-refractivity contribution in [2.75, 3.05) is 0 Å². The van der Waals surface area contributed by atoms with Gasteiger partial charge in [0.2, 0.25) is 4.77 Å². The number of hydrogen-bond acceptors (Lipinski definition) is 3. The zero-order chi connectivity index (χ0) is 9.42. The zero-order valence-electron chi connectivity index (χ0n) is 7.00. The van der Waals surface area contributed by atoms with Crippen LogP contribution in [0.15, 0.2) is 11.0 Å². The molecule has 2 aromatic rings. The minimum atomic E-state index is -0.283. The lowest BCUT2D eigenvalue weighted by Gasteiger charge is -1.92. The van der Waals surface area contributed by atoms with Gasteiger partial charge in [0.05, 0.1) is 0 Å². The number of aryl methyl sites for hydroxylation is 1. The second-order valence-electron chi connectivity index (χ2n) is 2.66. The maximum atomic E-state index is 11.3. The van der Waals surface area contributed by atoms with E-state index in [1.807, 2.05) is 6.92 Å². The van der Waals surface area contributed by atoms with Gasteiger partial charge in [0.15, 0.2) is 5.65 Å². The molecule has 2 heterocycles. The fraction of sp³-hybridized carbons (Fsp3) is 0.286. The normalized spacial score (nSPS) is 10.8. The number of aromatic amines is 2. The minimum Gasteiger partial charge on any atom is -0.295 e. The second-order valence-corrected chi connectivity index (χ2v) is 3.05. The average molecular weight is 196 g/mol. The molecule has 68 valence electrons. The Hall–Kier alpha value is -1.43. The van der Waals surface area contributed by atoms with E-state index in [9.17, 15) is 4.79 Å². The summed E-state index contributed by atoms with van der Waals surface area (Å²) in [7, 11) is 0. The van der Waals surface area contributed by atoms with Crippen molar-refractivity contribution in [2.24, 2.45) is 0 Å². The highest BCUT2D eigenvalue weighted by Crippen LogP contribution is 2.04. The van der Waals surface area contributed by atoms with Crippen LogP contribution in [0.2, 0.25) is 0 Å². The minimum absolute atomic E-state index is 0.222. The molecule has 2 aromatic heterocycles. The van der Waals surface area contributed by atoms with Gasteiger partial charge in [0.25, 0.3) is 0 Å². The quantitative estimate of drug-likeness (QED) is 0.658. The number of nitrogens with zero attached hydrogens (tertiary/aromatic N) is 2. The van der Waals surface area contributed by atoms with Gasteiger partial charge in [-0.3, -0.25) is 10.1 Å². The Labute approximate surface area is 78.4 Å². The molecule has 0 aromatic carbocycles. The van der Waals surface area contributed by atoms with Crippen molar-refractivity contribution in [2.45, 2.75) is 13.3 Å². The number of nitrogens with one attached hydrogen (secondary N) is 2. The Balaban J connectivity index is 2.98. The van der Waals surface area contributed by atoms with Crippen molar-refractivity contribution < 1.29 is 0 Å². The molecule has 0 atom stereocenters. The summed E-state index contributed by atoms with van der Waals surface area (Å²) in [6.07, 6.45) is 2.57. The number of rotatable bonds is 1. The first-order valence-corrected chi connectivity index (χ1v) is 4.32. The molecule has 0 radical (unpaired) electrons. The molecule has 0 saturated heterocycles. The van der Waals surface area contributed by atoms with Crippen molar-refractivity contribution in [1.82, 2.24) is 19.6 Å². The van der Waals surface area contributed by atoms with E-state index in [-0.39, 0.29) is 10.5 Å². The van der Waals surface area contributed by atoms with Crippen molar-refractivity contribution in [3.8, 4) is 0 Å². The molecule has 0 amide bonds. The van der Waals surface area contributed by atoms with E-state index in [2.05, 4.69) is 15.1 Å². The number of H-pyrrole nitrogens is 2. The van der Waals surface area contributed by atoms with Crippen molar-refractivity contribution in [3.63, 3.8) is 0 Å². The molecule has 0 unspecified atom stereocenters. The predicted octanol–water partition coefficient (Wildman–Crippen LogP) is 0.643. The summed E-state index contributed by atoms with van der Waals surface area (Å²) in [5, 5.41) is 2.80. The fourth-order valence-corrected chi connectivity index (χ4v) is 1.39. The van der Waals surface area contributed by atoms with E-state index in [0.717, 1.165) is 12.0 Å². The maximum Gasteiger partial charge on any atom is 0.348 e. The van der Waals surface area contributed by atoms with Gasteiger partial charge in [-0.2, -0.15) is 4.52 Å². The van der Waals surface area contributed by atoms with Crippen LogP contribution < -0.4 is 5.69 Å². The lowest BCUT2D eigenvalue weighted by atomic mass is 10.3. The van der Waals surface area contributed by atoms with E-state index in [1.165, 1.54) is 4.52 Å². The molecule has 0 aliphatic carbocycles. The van der Waals surface area contributed by atoms with Gasteiger partial charge in [-0.1, -0.05) is 6.92 Å². The monoisotopic (exact) mass is 196 g/mol. The number of aromatic nitrogens is 4. The van der Waals surface area contributed by atoms with Gasteiger partial charge in [-0.25, -0.2) is 9.78 Å². The van der Waals surface area contributed by atoms with Crippen LogP contribution in [0.5, 0.6) is 0 Å². The molecule has 13 heavy (non-hydrogen) atoms. The van der Waals surface area contributed by atoms with Crippen LogP contribution in [0.1, 0.15) is 12.5 Å². The lowest BCUT2D eigenvalue weighted by Crippen LogP contribution is -2.18. The Morgan fingerprint density at radius 1 is 1.69 bits per heavy atom. The fourth-order valence-electron chi connectivity index (χ4n) is 1.22. The van der Waals surface area contributed by atoms with Crippen molar-refractivity contribution >= 4 is 17.9 Å². The molecule has 6 heteroatoms. The third-order valence-electron chi connectivity index (χ3n) is 1.87. The number of hydrogen-bond donors (Lipinski definition) is 2. The first kappa shape index (κ1) is 8.18. The maximum absolute atomic E-state index is 11.3. The Bertz CT molecular complexity index is 549.